The molecule has 1 aromatic heterocycles. The van der Waals surface area contributed by atoms with Crippen molar-refractivity contribution in [3.63, 3.8) is 0 Å². The third-order valence-electron chi connectivity index (χ3n) is 3.71. The number of pyridine rings is 1. The molecule has 135 valence electrons. The van der Waals surface area contributed by atoms with Crippen LogP contribution in [0, 0.1) is 0 Å². The van der Waals surface area contributed by atoms with Crippen LogP contribution in [0.1, 0.15) is 10.4 Å². The Kier molecular flexibility index (Phi) is 6.17. The summed E-state index contributed by atoms with van der Waals surface area (Å²) in [7, 11) is 0. The number of hydrogen-bond donors (Lipinski definition) is 3. The molecule has 3 N–H and O–H groups in total. The van der Waals surface area contributed by atoms with Gasteiger partial charge in [-0.2, -0.15) is 0 Å². The maximum atomic E-state index is 10.7. The molecule has 26 heavy (non-hydrogen) atoms. The van der Waals surface area contributed by atoms with E-state index in [0.717, 1.165) is 16.2 Å². The Hall–Kier alpha value is -3.08. The molecule has 0 spiro atoms. The molecular weight excluding hydrogens is 382 g/mol. The molecule has 0 atom stereocenters. The number of aromatic carboxylic acids is 1. The molecule has 0 fully saturated rings. The number of aromatic hydroxyl groups is 2. The zero-order chi connectivity index (χ0) is 17.8. The minimum atomic E-state index is -1.12. The third-order valence-corrected chi connectivity index (χ3v) is 3.71. The summed E-state index contributed by atoms with van der Waals surface area (Å²) in [6.07, 6.45) is 1.67. The minimum absolute atomic E-state index is 0. The van der Waals surface area contributed by atoms with E-state index in [9.17, 15) is 15.0 Å². The summed E-state index contributed by atoms with van der Waals surface area (Å²) in [5, 5.41) is 30.1. The van der Waals surface area contributed by atoms with E-state index in [2.05, 4.69) is 4.98 Å². The van der Waals surface area contributed by atoms with Crippen molar-refractivity contribution in [3.05, 3.63) is 78.5 Å². The maximum absolute atomic E-state index is 10.7. The van der Waals surface area contributed by atoms with Crippen LogP contribution in [0.5, 0.6) is 11.5 Å². The van der Waals surface area contributed by atoms with Crippen LogP contribution >= 0.6 is 0 Å². The number of nitrogens with zero attached hydrogens (tertiary/aromatic N) is 1. The Labute approximate surface area is 160 Å². The zero-order valence-corrected chi connectivity index (χ0v) is 14.4. The van der Waals surface area contributed by atoms with Gasteiger partial charge in [-0.25, -0.2) is 4.79 Å². The smallest absolute Gasteiger partial charge is 0.339 e. The molecule has 1 heterocycles. The van der Waals surface area contributed by atoms with Crippen LogP contribution in [-0.2, 0) is 17.1 Å². The molecule has 3 aromatic carbocycles. The Bertz CT molecular complexity index is 1060. The van der Waals surface area contributed by atoms with Crippen molar-refractivity contribution in [2.75, 3.05) is 0 Å². The van der Waals surface area contributed by atoms with Crippen molar-refractivity contribution >= 4 is 27.6 Å². The molecule has 0 unspecified atom stereocenters. The first-order chi connectivity index (χ1) is 12.1. The van der Waals surface area contributed by atoms with E-state index in [1.165, 1.54) is 12.1 Å². The van der Waals surface area contributed by atoms with E-state index >= 15 is 0 Å². The normalized spacial score (nSPS) is 9.85. The van der Waals surface area contributed by atoms with Gasteiger partial charge < -0.3 is 15.3 Å². The van der Waals surface area contributed by atoms with Gasteiger partial charge in [0.05, 0.1) is 0 Å². The predicted molar refractivity (Wildman–Crippen MR) is 96.0 cm³/mol. The number of hydrogen-bond acceptors (Lipinski definition) is 4. The van der Waals surface area contributed by atoms with E-state index in [1.807, 2.05) is 36.4 Å². The average Bonchev–Trinajstić information content (AvgIpc) is 2.62. The van der Waals surface area contributed by atoms with Gasteiger partial charge in [-0.3, -0.25) is 4.98 Å². The van der Waals surface area contributed by atoms with E-state index < -0.39 is 5.97 Å². The minimum Gasteiger partial charge on any atom is -0.507 e. The molecule has 4 rings (SSSR count). The van der Waals surface area contributed by atoms with Gasteiger partial charge in [0, 0.05) is 28.7 Å². The van der Waals surface area contributed by atoms with Crippen molar-refractivity contribution in [2.24, 2.45) is 0 Å². The molecule has 0 aliphatic heterocycles. The molecule has 0 aliphatic rings. The van der Waals surface area contributed by atoms with Crippen LogP contribution < -0.4 is 0 Å². The first-order valence-electron chi connectivity index (χ1n) is 7.54. The van der Waals surface area contributed by atoms with Crippen molar-refractivity contribution in [2.45, 2.75) is 0 Å². The van der Waals surface area contributed by atoms with Gasteiger partial charge in [-0.1, -0.05) is 42.5 Å². The average molecular weight is 397 g/mol. The standard InChI is InChI=1S/C11H8O3.C9H7NO.Cu/c12-10-6-8-4-2-1-3-7(8)5-9(10)11(13)14;11-8-5-1-3-7-4-2-6-10-9(7)8;/h1-6,12H,(H,13,14);1-6,11H;. The van der Waals surface area contributed by atoms with E-state index in [0.29, 0.717) is 5.52 Å². The molecule has 4 aromatic rings. The fraction of sp³-hybridized carbons (Fsp3) is 0. The summed E-state index contributed by atoms with van der Waals surface area (Å²) in [6.45, 7) is 0. The second kappa shape index (κ2) is 8.34. The number of benzene rings is 3. The number of phenolic OH excluding ortho intramolecular Hbond substituents is 1. The summed E-state index contributed by atoms with van der Waals surface area (Å²) in [5.41, 5.74) is 0.596. The number of carbonyl (C=O) groups is 1. The van der Waals surface area contributed by atoms with Crippen LogP contribution in [0.2, 0.25) is 0 Å². The SMILES string of the molecule is O=C(O)c1cc2ccccc2cc1O.Oc1cccc2cccnc12.[Cu]. The molecule has 5 nitrogen and oxygen atoms in total. The summed E-state index contributed by atoms with van der Waals surface area (Å²) in [5.74, 6) is -1.08. The van der Waals surface area contributed by atoms with E-state index in [-0.39, 0.29) is 34.1 Å². The van der Waals surface area contributed by atoms with Gasteiger partial charge >= 0.3 is 5.97 Å². The fourth-order valence-corrected chi connectivity index (χ4v) is 2.49. The molecule has 0 bridgehead atoms. The quantitative estimate of drug-likeness (QED) is 0.420. The molecule has 0 amide bonds. The van der Waals surface area contributed by atoms with Gasteiger partial charge in [0.25, 0.3) is 0 Å². The predicted octanol–water partition coefficient (Wildman–Crippen LogP) is 4.18. The first kappa shape index (κ1) is 19.2. The van der Waals surface area contributed by atoms with Crippen LogP contribution in [0.25, 0.3) is 21.7 Å². The Morgan fingerprint density at radius 3 is 2.04 bits per heavy atom. The second-order valence-corrected chi connectivity index (χ2v) is 5.37. The Morgan fingerprint density at radius 1 is 0.769 bits per heavy atom. The summed E-state index contributed by atoms with van der Waals surface area (Å²) >= 11 is 0. The molecule has 6 heteroatoms. The molecular formula is C20H15CuNO4. The number of rotatable bonds is 1. The van der Waals surface area contributed by atoms with E-state index in [4.69, 9.17) is 5.11 Å². The van der Waals surface area contributed by atoms with Crippen molar-refractivity contribution in [1.82, 2.24) is 4.98 Å². The monoisotopic (exact) mass is 396 g/mol. The van der Waals surface area contributed by atoms with Crippen LogP contribution in [0.3, 0.4) is 0 Å². The van der Waals surface area contributed by atoms with Crippen LogP contribution in [0.15, 0.2) is 72.9 Å². The molecule has 0 aliphatic carbocycles. The Balaban J connectivity index is 0.000000184. The summed E-state index contributed by atoms with van der Waals surface area (Å²) in [6, 6.07) is 19.3. The topological polar surface area (TPSA) is 90.7 Å². The van der Waals surface area contributed by atoms with Gasteiger partial charge in [0.2, 0.25) is 0 Å². The van der Waals surface area contributed by atoms with Crippen molar-refractivity contribution < 1.29 is 37.2 Å². The largest absolute Gasteiger partial charge is 0.507 e. The molecule has 0 saturated carbocycles. The Morgan fingerprint density at radius 2 is 1.38 bits per heavy atom. The summed E-state index contributed by atoms with van der Waals surface area (Å²) in [4.78, 5) is 14.7. The number of carboxylic acids is 1. The first-order valence-corrected chi connectivity index (χ1v) is 7.54. The van der Waals surface area contributed by atoms with E-state index in [1.54, 1.807) is 24.4 Å². The van der Waals surface area contributed by atoms with Crippen LogP contribution in [-0.4, -0.2) is 26.3 Å². The van der Waals surface area contributed by atoms with Crippen LogP contribution in [0.4, 0.5) is 0 Å². The van der Waals surface area contributed by atoms with Gasteiger partial charge in [-0.05, 0) is 35.0 Å². The van der Waals surface area contributed by atoms with Gasteiger partial charge in [0.1, 0.15) is 22.6 Å². The number of fused-ring (bicyclic) bond motifs is 2. The zero-order valence-electron chi connectivity index (χ0n) is 13.4. The summed E-state index contributed by atoms with van der Waals surface area (Å²) < 4.78 is 0. The number of carboxylic acid groups (broad SMARTS) is 1. The maximum Gasteiger partial charge on any atom is 0.339 e. The second-order valence-electron chi connectivity index (χ2n) is 5.37. The van der Waals surface area contributed by atoms with Crippen molar-refractivity contribution in [3.8, 4) is 11.5 Å². The number of para-hydroxylation sites is 1. The van der Waals surface area contributed by atoms with Gasteiger partial charge in [-0.15, -0.1) is 0 Å². The fourth-order valence-electron chi connectivity index (χ4n) is 2.49. The molecule has 0 saturated heterocycles. The van der Waals surface area contributed by atoms with Crippen molar-refractivity contribution in [1.29, 1.82) is 0 Å². The number of phenols is 2. The third kappa shape index (κ3) is 4.11. The molecule has 1 radical (unpaired) electrons. The number of aromatic nitrogens is 1. The van der Waals surface area contributed by atoms with Gasteiger partial charge in [0.15, 0.2) is 0 Å².